The maximum atomic E-state index is 12.7. The van der Waals surface area contributed by atoms with E-state index in [2.05, 4.69) is 0 Å². The van der Waals surface area contributed by atoms with Crippen molar-refractivity contribution < 1.29 is 19.0 Å². The second-order valence-corrected chi connectivity index (χ2v) is 4.87. The molecule has 0 aliphatic carbocycles. The van der Waals surface area contributed by atoms with Crippen LogP contribution >= 0.6 is 0 Å². The van der Waals surface area contributed by atoms with E-state index in [0.717, 1.165) is 11.1 Å². The molecule has 1 aliphatic rings. The monoisotopic (exact) mass is 284 g/mol. The molecule has 4 heteroatoms. The first-order chi connectivity index (χ1) is 10.2. The zero-order valence-electron chi connectivity index (χ0n) is 12.0. The van der Waals surface area contributed by atoms with Gasteiger partial charge in [-0.3, -0.25) is 4.79 Å². The van der Waals surface area contributed by atoms with Crippen LogP contribution < -0.4 is 9.47 Å². The Hall–Kier alpha value is -2.33. The lowest BCUT2D eigenvalue weighted by Crippen LogP contribution is -2.05. The highest BCUT2D eigenvalue weighted by molar-refractivity contribution is 6.11. The van der Waals surface area contributed by atoms with Gasteiger partial charge in [-0.2, -0.15) is 0 Å². The standard InChI is InChI=1S/C17H16O4/c1-19-14-5-6-15(16(8-14)20-2)17(18)11-3-4-12-9-21-10-13(12)7-11/h3-8H,9-10H2,1-2H3. The average Bonchev–Trinajstić information content (AvgIpc) is 3.01. The zero-order valence-corrected chi connectivity index (χ0v) is 12.0. The highest BCUT2D eigenvalue weighted by Gasteiger charge is 2.18. The SMILES string of the molecule is COc1ccc(C(=O)c2ccc3c(c2)COC3)c(OC)c1. The largest absolute Gasteiger partial charge is 0.497 e. The Morgan fingerprint density at radius 3 is 2.57 bits per heavy atom. The Morgan fingerprint density at radius 2 is 1.81 bits per heavy atom. The topological polar surface area (TPSA) is 44.8 Å². The summed E-state index contributed by atoms with van der Waals surface area (Å²) in [5.41, 5.74) is 3.39. The molecule has 3 rings (SSSR count). The van der Waals surface area contributed by atoms with E-state index in [1.165, 1.54) is 0 Å². The number of benzene rings is 2. The van der Waals surface area contributed by atoms with Crippen molar-refractivity contribution in [2.75, 3.05) is 14.2 Å². The number of carbonyl (C=O) groups excluding carboxylic acids is 1. The average molecular weight is 284 g/mol. The highest BCUT2D eigenvalue weighted by Crippen LogP contribution is 2.28. The normalized spacial score (nSPS) is 12.9. The van der Waals surface area contributed by atoms with E-state index in [0.29, 0.717) is 35.8 Å². The van der Waals surface area contributed by atoms with Crippen LogP contribution in [0.2, 0.25) is 0 Å². The van der Waals surface area contributed by atoms with Crippen molar-refractivity contribution in [2.45, 2.75) is 13.2 Å². The van der Waals surface area contributed by atoms with Gasteiger partial charge >= 0.3 is 0 Å². The fourth-order valence-corrected chi connectivity index (χ4v) is 2.45. The molecule has 1 aliphatic heterocycles. The number of carbonyl (C=O) groups is 1. The Morgan fingerprint density at radius 1 is 1.00 bits per heavy atom. The molecule has 2 aromatic carbocycles. The van der Waals surface area contributed by atoms with E-state index in [-0.39, 0.29) is 5.78 Å². The molecule has 0 fully saturated rings. The molecule has 108 valence electrons. The molecule has 0 N–H and O–H groups in total. The van der Waals surface area contributed by atoms with E-state index in [1.807, 2.05) is 18.2 Å². The number of fused-ring (bicyclic) bond motifs is 1. The third-order valence-electron chi connectivity index (χ3n) is 3.64. The molecule has 1 heterocycles. The van der Waals surface area contributed by atoms with Crippen molar-refractivity contribution in [1.82, 2.24) is 0 Å². The Kier molecular flexibility index (Phi) is 3.62. The lowest BCUT2D eigenvalue weighted by Gasteiger charge is -2.10. The summed E-state index contributed by atoms with van der Waals surface area (Å²) in [7, 11) is 3.12. The maximum Gasteiger partial charge on any atom is 0.196 e. The molecule has 0 saturated heterocycles. The fourth-order valence-electron chi connectivity index (χ4n) is 2.45. The van der Waals surface area contributed by atoms with Crippen LogP contribution in [0.5, 0.6) is 11.5 Å². The smallest absolute Gasteiger partial charge is 0.196 e. The second kappa shape index (κ2) is 5.58. The van der Waals surface area contributed by atoms with E-state index >= 15 is 0 Å². The van der Waals surface area contributed by atoms with Crippen molar-refractivity contribution in [2.24, 2.45) is 0 Å². The highest BCUT2D eigenvalue weighted by atomic mass is 16.5. The lowest BCUT2D eigenvalue weighted by atomic mass is 9.98. The summed E-state index contributed by atoms with van der Waals surface area (Å²) in [6.07, 6.45) is 0. The molecule has 2 aromatic rings. The van der Waals surface area contributed by atoms with Crippen LogP contribution in [0.15, 0.2) is 36.4 Å². The van der Waals surface area contributed by atoms with Crippen LogP contribution in [0.3, 0.4) is 0 Å². The molecular weight excluding hydrogens is 268 g/mol. The second-order valence-electron chi connectivity index (χ2n) is 4.87. The van der Waals surface area contributed by atoms with E-state index in [4.69, 9.17) is 14.2 Å². The van der Waals surface area contributed by atoms with Crippen LogP contribution in [0, 0.1) is 0 Å². The molecule has 0 unspecified atom stereocenters. The van der Waals surface area contributed by atoms with Crippen molar-refractivity contribution in [3.05, 3.63) is 58.7 Å². The summed E-state index contributed by atoms with van der Waals surface area (Å²) in [6.45, 7) is 1.19. The van der Waals surface area contributed by atoms with Gasteiger partial charge in [0.15, 0.2) is 5.78 Å². The van der Waals surface area contributed by atoms with Crippen LogP contribution in [-0.2, 0) is 18.0 Å². The molecule has 0 saturated carbocycles. The summed E-state index contributed by atoms with van der Waals surface area (Å²) in [4.78, 5) is 12.7. The summed E-state index contributed by atoms with van der Waals surface area (Å²) in [5.74, 6) is 1.10. The molecular formula is C17H16O4. The Bertz CT molecular complexity index is 691. The first-order valence-corrected chi connectivity index (χ1v) is 6.69. The van der Waals surface area contributed by atoms with Gasteiger partial charge in [-0.15, -0.1) is 0 Å². The van der Waals surface area contributed by atoms with Gasteiger partial charge in [0.25, 0.3) is 0 Å². The van der Waals surface area contributed by atoms with Gasteiger partial charge in [0.05, 0.1) is 33.0 Å². The van der Waals surface area contributed by atoms with E-state index in [1.54, 1.807) is 32.4 Å². The van der Waals surface area contributed by atoms with E-state index in [9.17, 15) is 4.79 Å². The molecule has 0 spiro atoms. The van der Waals surface area contributed by atoms with Gasteiger partial charge in [-0.25, -0.2) is 0 Å². The maximum absolute atomic E-state index is 12.7. The van der Waals surface area contributed by atoms with Gasteiger partial charge in [0.2, 0.25) is 0 Å². The third-order valence-corrected chi connectivity index (χ3v) is 3.64. The Labute approximate surface area is 123 Å². The zero-order chi connectivity index (χ0) is 14.8. The number of hydrogen-bond donors (Lipinski definition) is 0. The van der Waals surface area contributed by atoms with Gasteiger partial charge in [0.1, 0.15) is 11.5 Å². The minimum absolute atomic E-state index is 0.0656. The first-order valence-electron chi connectivity index (χ1n) is 6.69. The summed E-state index contributed by atoms with van der Waals surface area (Å²) in [6, 6.07) is 10.9. The van der Waals surface area contributed by atoms with Crippen molar-refractivity contribution in [3.8, 4) is 11.5 Å². The van der Waals surface area contributed by atoms with Crippen molar-refractivity contribution in [1.29, 1.82) is 0 Å². The summed E-state index contributed by atoms with van der Waals surface area (Å²) >= 11 is 0. The molecule has 0 atom stereocenters. The van der Waals surface area contributed by atoms with Crippen LogP contribution in [0.1, 0.15) is 27.0 Å². The van der Waals surface area contributed by atoms with Gasteiger partial charge in [-0.05, 0) is 29.3 Å². The minimum Gasteiger partial charge on any atom is -0.497 e. The predicted molar refractivity (Wildman–Crippen MR) is 77.9 cm³/mol. The third kappa shape index (κ3) is 2.50. The van der Waals surface area contributed by atoms with Gasteiger partial charge in [0, 0.05) is 11.6 Å². The Balaban J connectivity index is 1.98. The molecule has 4 nitrogen and oxygen atoms in total. The van der Waals surface area contributed by atoms with Crippen molar-refractivity contribution >= 4 is 5.78 Å². The van der Waals surface area contributed by atoms with Gasteiger partial charge < -0.3 is 14.2 Å². The van der Waals surface area contributed by atoms with Gasteiger partial charge in [-0.1, -0.05) is 12.1 Å². The molecule has 0 aromatic heterocycles. The predicted octanol–water partition coefficient (Wildman–Crippen LogP) is 2.97. The molecule has 0 radical (unpaired) electrons. The van der Waals surface area contributed by atoms with Crippen molar-refractivity contribution in [3.63, 3.8) is 0 Å². The number of methoxy groups -OCH3 is 2. The van der Waals surface area contributed by atoms with Crippen LogP contribution in [0.25, 0.3) is 0 Å². The molecule has 21 heavy (non-hydrogen) atoms. The number of ketones is 1. The lowest BCUT2D eigenvalue weighted by molar-refractivity contribution is 0.103. The van der Waals surface area contributed by atoms with E-state index < -0.39 is 0 Å². The fraction of sp³-hybridized carbons (Fsp3) is 0.235. The quantitative estimate of drug-likeness (QED) is 0.810. The minimum atomic E-state index is -0.0656. The number of ether oxygens (including phenoxy) is 3. The number of hydrogen-bond acceptors (Lipinski definition) is 4. The summed E-state index contributed by atoms with van der Waals surface area (Å²) in [5, 5.41) is 0. The first kappa shape index (κ1) is 13.6. The van der Waals surface area contributed by atoms with Crippen LogP contribution in [0.4, 0.5) is 0 Å². The summed E-state index contributed by atoms with van der Waals surface area (Å²) < 4.78 is 15.8. The molecule has 0 amide bonds. The van der Waals surface area contributed by atoms with Crippen LogP contribution in [-0.4, -0.2) is 20.0 Å². The number of rotatable bonds is 4. The molecule has 0 bridgehead atoms.